The highest BCUT2D eigenvalue weighted by Crippen LogP contribution is 2.21. The van der Waals surface area contributed by atoms with E-state index in [1.54, 1.807) is 25.3 Å². The van der Waals surface area contributed by atoms with Gasteiger partial charge >= 0.3 is 0 Å². The summed E-state index contributed by atoms with van der Waals surface area (Å²) in [6, 6.07) is 4.11. The number of rotatable bonds is 7. The van der Waals surface area contributed by atoms with Gasteiger partial charge in [0.05, 0.1) is 12.8 Å². The third-order valence-electron chi connectivity index (χ3n) is 4.35. The molecule has 0 aliphatic carbocycles. The predicted octanol–water partition coefficient (Wildman–Crippen LogP) is 2.14. The zero-order chi connectivity index (χ0) is 16.7. The first-order valence-electron chi connectivity index (χ1n) is 8.59. The molecule has 6 nitrogen and oxygen atoms in total. The van der Waals surface area contributed by atoms with E-state index in [4.69, 9.17) is 4.42 Å². The average molecular weight is 450 g/mol. The maximum Gasteiger partial charge on any atom is 0.191 e. The Balaban J connectivity index is 0.00000288. The molecule has 3 N–H and O–H groups in total. The van der Waals surface area contributed by atoms with Crippen LogP contribution in [0.5, 0.6) is 0 Å². The lowest BCUT2D eigenvalue weighted by molar-refractivity contribution is 0.0437. The van der Waals surface area contributed by atoms with Gasteiger partial charge in [0.15, 0.2) is 5.96 Å². The highest BCUT2D eigenvalue weighted by atomic mass is 127. The van der Waals surface area contributed by atoms with E-state index in [0.29, 0.717) is 11.8 Å². The SMILES string of the molecule is CCNC(=NCC(C)(O)c1ccco1)NCC1CCCN1CC.I. The number of aliphatic hydroxyl groups is 1. The van der Waals surface area contributed by atoms with E-state index in [-0.39, 0.29) is 30.5 Å². The predicted molar refractivity (Wildman–Crippen MR) is 108 cm³/mol. The molecule has 0 amide bonds. The van der Waals surface area contributed by atoms with Crippen molar-refractivity contribution < 1.29 is 9.52 Å². The van der Waals surface area contributed by atoms with Crippen LogP contribution in [0.25, 0.3) is 0 Å². The van der Waals surface area contributed by atoms with Crippen molar-refractivity contribution in [2.24, 2.45) is 4.99 Å². The Morgan fingerprint density at radius 3 is 2.88 bits per heavy atom. The van der Waals surface area contributed by atoms with Crippen LogP contribution in [0, 0.1) is 0 Å². The number of halogens is 1. The number of nitrogens with zero attached hydrogens (tertiary/aromatic N) is 2. The number of likely N-dealkylation sites (N-methyl/N-ethyl adjacent to an activating group) is 1. The molecule has 138 valence electrons. The molecule has 2 heterocycles. The van der Waals surface area contributed by atoms with Gasteiger partial charge in [-0.2, -0.15) is 0 Å². The Bertz CT molecular complexity index is 491. The lowest BCUT2D eigenvalue weighted by Crippen LogP contribution is -2.45. The molecule has 1 aromatic rings. The van der Waals surface area contributed by atoms with E-state index in [9.17, 15) is 5.11 Å². The zero-order valence-electron chi connectivity index (χ0n) is 14.9. The topological polar surface area (TPSA) is 73.0 Å². The summed E-state index contributed by atoms with van der Waals surface area (Å²) in [7, 11) is 0. The van der Waals surface area contributed by atoms with Crippen LogP contribution in [0.15, 0.2) is 27.8 Å². The molecule has 1 fully saturated rings. The summed E-state index contributed by atoms with van der Waals surface area (Å²) in [6.45, 7) is 10.1. The number of hydrogen-bond acceptors (Lipinski definition) is 4. The van der Waals surface area contributed by atoms with Crippen LogP contribution in [0.2, 0.25) is 0 Å². The van der Waals surface area contributed by atoms with E-state index in [0.717, 1.165) is 25.6 Å². The fourth-order valence-corrected chi connectivity index (χ4v) is 2.99. The van der Waals surface area contributed by atoms with Gasteiger partial charge in [-0.1, -0.05) is 6.92 Å². The summed E-state index contributed by atoms with van der Waals surface area (Å²) in [5.74, 6) is 1.27. The first kappa shape index (κ1) is 21.2. The highest BCUT2D eigenvalue weighted by Gasteiger charge is 2.26. The first-order chi connectivity index (χ1) is 11.1. The molecule has 0 spiro atoms. The molecule has 2 atom stereocenters. The second-order valence-corrected chi connectivity index (χ2v) is 6.25. The molecule has 0 saturated carbocycles. The molecule has 0 aromatic carbocycles. The van der Waals surface area contributed by atoms with E-state index < -0.39 is 5.60 Å². The van der Waals surface area contributed by atoms with Crippen molar-refractivity contribution in [2.75, 3.05) is 32.7 Å². The van der Waals surface area contributed by atoms with Crippen molar-refractivity contribution in [1.29, 1.82) is 0 Å². The molecule has 2 unspecified atom stereocenters. The van der Waals surface area contributed by atoms with E-state index in [1.807, 2.05) is 6.92 Å². The third-order valence-corrected chi connectivity index (χ3v) is 4.35. The van der Waals surface area contributed by atoms with Crippen LogP contribution in [0.1, 0.15) is 39.4 Å². The second-order valence-electron chi connectivity index (χ2n) is 6.25. The number of likely N-dealkylation sites (tertiary alicyclic amines) is 1. The number of nitrogens with one attached hydrogen (secondary N) is 2. The molecule has 7 heteroatoms. The molecule has 1 aromatic heterocycles. The van der Waals surface area contributed by atoms with E-state index in [2.05, 4.69) is 27.4 Å². The minimum absolute atomic E-state index is 0. The van der Waals surface area contributed by atoms with Crippen molar-refractivity contribution in [2.45, 2.75) is 45.3 Å². The fourth-order valence-electron chi connectivity index (χ4n) is 2.99. The smallest absolute Gasteiger partial charge is 0.191 e. The van der Waals surface area contributed by atoms with Crippen LogP contribution < -0.4 is 10.6 Å². The molecular formula is C17H31IN4O2. The standard InChI is InChI=1S/C17H30N4O2.HI/c1-4-18-16(19-12-14-8-6-10-21(14)5-2)20-13-17(3,22)15-9-7-11-23-15;/h7,9,11,14,22H,4-6,8,10,12-13H2,1-3H3,(H2,18,19,20);1H. The number of guanidine groups is 1. The molecule has 1 aliphatic heterocycles. The highest BCUT2D eigenvalue weighted by molar-refractivity contribution is 14.0. The van der Waals surface area contributed by atoms with Gasteiger partial charge in [0.25, 0.3) is 0 Å². The van der Waals surface area contributed by atoms with Gasteiger partial charge in [-0.05, 0) is 51.9 Å². The van der Waals surface area contributed by atoms with Gasteiger partial charge < -0.3 is 20.2 Å². The average Bonchev–Trinajstić information content (AvgIpc) is 3.20. The maximum absolute atomic E-state index is 10.5. The number of hydrogen-bond donors (Lipinski definition) is 3. The molecule has 1 aliphatic rings. The summed E-state index contributed by atoms with van der Waals surface area (Å²) < 4.78 is 5.29. The van der Waals surface area contributed by atoms with Gasteiger partial charge in [-0.25, -0.2) is 4.99 Å². The lowest BCUT2D eigenvalue weighted by Gasteiger charge is -2.24. The van der Waals surface area contributed by atoms with Crippen LogP contribution in [0.4, 0.5) is 0 Å². The van der Waals surface area contributed by atoms with Crippen LogP contribution in [0.3, 0.4) is 0 Å². The second kappa shape index (κ2) is 10.2. The van der Waals surface area contributed by atoms with Gasteiger partial charge in [0.2, 0.25) is 0 Å². The van der Waals surface area contributed by atoms with Crippen molar-refractivity contribution in [3.05, 3.63) is 24.2 Å². The minimum atomic E-state index is -1.10. The number of furan rings is 1. The van der Waals surface area contributed by atoms with Gasteiger partial charge in [-0.15, -0.1) is 24.0 Å². The molecule has 2 rings (SSSR count). The molecule has 1 saturated heterocycles. The molecule has 0 bridgehead atoms. The summed E-state index contributed by atoms with van der Waals surface area (Å²) in [5.41, 5.74) is -1.10. The van der Waals surface area contributed by atoms with Gasteiger partial charge in [-0.3, -0.25) is 4.90 Å². The van der Waals surface area contributed by atoms with Crippen molar-refractivity contribution in [3.8, 4) is 0 Å². The first-order valence-corrected chi connectivity index (χ1v) is 8.59. The monoisotopic (exact) mass is 450 g/mol. The van der Waals surface area contributed by atoms with E-state index in [1.165, 1.54) is 19.4 Å². The summed E-state index contributed by atoms with van der Waals surface area (Å²) in [4.78, 5) is 7.01. The molecule has 24 heavy (non-hydrogen) atoms. The third kappa shape index (κ3) is 5.93. The summed E-state index contributed by atoms with van der Waals surface area (Å²) >= 11 is 0. The van der Waals surface area contributed by atoms with Crippen LogP contribution in [-0.4, -0.2) is 54.7 Å². The normalized spacial score (nSPS) is 21.2. The zero-order valence-corrected chi connectivity index (χ0v) is 17.2. The maximum atomic E-state index is 10.5. The van der Waals surface area contributed by atoms with Crippen LogP contribution >= 0.6 is 24.0 Å². The van der Waals surface area contributed by atoms with Crippen LogP contribution in [-0.2, 0) is 5.60 Å². The Kier molecular flexibility index (Phi) is 9.07. The van der Waals surface area contributed by atoms with Gasteiger partial charge in [0, 0.05) is 19.1 Å². The van der Waals surface area contributed by atoms with E-state index >= 15 is 0 Å². The van der Waals surface area contributed by atoms with Crippen molar-refractivity contribution in [1.82, 2.24) is 15.5 Å². The quantitative estimate of drug-likeness (QED) is 0.337. The Morgan fingerprint density at radius 2 is 2.25 bits per heavy atom. The summed E-state index contributed by atoms with van der Waals surface area (Å²) in [6.07, 6.45) is 4.06. The van der Waals surface area contributed by atoms with Crippen molar-refractivity contribution in [3.63, 3.8) is 0 Å². The largest absolute Gasteiger partial charge is 0.466 e. The van der Waals surface area contributed by atoms with Gasteiger partial charge in [0.1, 0.15) is 11.4 Å². The lowest BCUT2D eigenvalue weighted by atomic mass is 10.0. The number of aliphatic imine (C=N–C) groups is 1. The molecule has 0 radical (unpaired) electrons. The Hall–Kier alpha value is -0.800. The van der Waals surface area contributed by atoms with Crippen molar-refractivity contribution >= 4 is 29.9 Å². The summed E-state index contributed by atoms with van der Waals surface area (Å²) in [5, 5.41) is 17.1. The Labute approximate surface area is 162 Å². The minimum Gasteiger partial charge on any atom is -0.466 e. The molecular weight excluding hydrogens is 419 g/mol. The fraction of sp³-hybridized carbons (Fsp3) is 0.706. The Morgan fingerprint density at radius 1 is 1.46 bits per heavy atom.